The van der Waals surface area contributed by atoms with Crippen molar-refractivity contribution in [2.24, 2.45) is 4.99 Å². The van der Waals surface area contributed by atoms with Gasteiger partial charge in [0.25, 0.3) is 11.9 Å². The molecule has 0 heterocycles. The Bertz CT molecular complexity index is 489. The smallest absolute Gasteiger partial charge is 0.291 e. The van der Waals surface area contributed by atoms with Gasteiger partial charge in [-0.3, -0.25) is 10.1 Å². The zero-order chi connectivity index (χ0) is 16.2. The van der Waals surface area contributed by atoms with Crippen molar-refractivity contribution in [2.75, 3.05) is 34.0 Å². The molecule has 1 aromatic carbocycles. The van der Waals surface area contributed by atoms with Crippen molar-refractivity contribution in [1.82, 2.24) is 5.32 Å². The van der Waals surface area contributed by atoms with Gasteiger partial charge in [0.1, 0.15) is 5.75 Å². The lowest BCUT2D eigenvalue weighted by Crippen LogP contribution is -2.33. The molecule has 6 heteroatoms. The molecular weight excluding hydrogens is 284 g/mol. The zero-order valence-corrected chi connectivity index (χ0v) is 13.4. The molecule has 0 atom stereocenters. The second-order valence-electron chi connectivity index (χ2n) is 4.57. The second kappa shape index (κ2) is 10.6. The summed E-state index contributed by atoms with van der Waals surface area (Å²) in [4.78, 5) is 16.5. The van der Waals surface area contributed by atoms with E-state index in [1.54, 1.807) is 38.5 Å². The van der Waals surface area contributed by atoms with E-state index in [1.165, 1.54) is 0 Å². The Morgan fingerprint density at radius 2 is 2.09 bits per heavy atom. The van der Waals surface area contributed by atoms with E-state index in [4.69, 9.17) is 14.2 Å². The molecule has 0 aliphatic heterocycles. The van der Waals surface area contributed by atoms with Crippen LogP contribution >= 0.6 is 0 Å². The number of amidine groups is 1. The third-order valence-electron chi connectivity index (χ3n) is 2.76. The molecule has 0 bridgehead atoms. The Labute approximate surface area is 131 Å². The van der Waals surface area contributed by atoms with Crippen molar-refractivity contribution in [3.05, 3.63) is 29.8 Å². The van der Waals surface area contributed by atoms with Gasteiger partial charge in [0.15, 0.2) is 0 Å². The van der Waals surface area contributed by atoms with Crippen LogP contribution in [0.4, 0.5) is 0 Å². The van der Waals surface area contributed by atoms with E-state index in [9.17, 15) is 4.79 Å². The highest BCUT2D eigenvalue weighted by Gasteiger charge is 2.10. The van der Waals surface area contributed by atoms with Gasteiger partial charge in [-0.15, -0.1) is 0 Å². The SMILES string of the molecule is CCCOC(=NCCCOC)NC(=O)c1cccc(OC)c1. The minimum atomic E-state index is -0.277. The van der Waals surface area contributed by atoms with Crippen molar-refractivity contribution >= 4 is 11.9 Å². The number of rotatable bonds is 8. The lowest BCUT2D eigenvalue weighted by Gasteiger charge is -2.10. The fourth-order valence-electron chi connectivity index (χ4n) is 1.64. The first-order valence-corrected chi connectivity index (χ1v) is 7.32. The van der Waals surface area contributed by atoms with Crippen LogP contribution in [0.5, 0.6) is 5.75 Å². The fraction of sp³-hybridized carbons (Fsp3) is 0.500. The van der Waals surface area contributed by atoms with Gasteiger partial charge in [-0.25, -0.2) is 4.99 Å². The molecule has 1 aromatic rings. The molecule has 0 radical (unpaired) electrons. The largest absolute Gasteiger partial charge is 0.497 e. The predicted octanol–water partition coefficient (Wildman–Crippen LogP) is 2.24. The molecule has 0 saturated heterocycles. The van der Waals surface area contributed by atoms with Gasteiger partial charge >= 0.3 is 0 Å². The third kappa shape index (κ3) is 6.58. The molecule has 1 N–H and O–H groups in total. The minimum absolute atomic E-state index is 0.241. The van der Waals surface area contributed by atoms with E-state index in [0.29, 0.717) is 31.1 Å². The average Bonchev–Trinajstić information content (AvgIpc) is 2.56. The second-order valence-corrected chi connectivity index (χ2v) is 4.57. The number of aliphatic imine (C=N–C) groups is 1. The van der Waals surface area contributed by atoms with E-state index in [2.05, 4.69) is 10.3 Å². The lowest BCUT2D eigenvalue weighted by molar-refractivity contribution is 0.0965. The van der Waals surface area contributed by atoms with Gasteiger partial charge in [0.2, 0.25) is 0 Å². The number of nitrogens with zero attached hydrogens (tertiary/aromatic N) is 1. The Kier molecular flexibility index (Phi) is 8.67. The zero-order valence-electron chi connectivity index (χ0n) is 13.4. The molecule has 0 aliphatic carbocycles. The van der Waals surface area contributed by atoms with E-state index in [0.717, 1.165) is 12.8 Å². The Morgan fingerprint density at radius 3 is 2.77 bits per heavy atom. The summed E-state index contributed by atoms with van der Waals surface area (Å²) in [5, 5.41) is 2.69. The lowest BCUT2D eigenvalue weighted by atomic mass is 10.2. The number of nitrogens with one attached hydrogen (secondary N) is 1. The van der Waals surface area contributed by atoms with Crippen LogP contribution in [-0.2, 0) is 9.47 Å². The number of hydrogen-bond acceptors (Lipinski definition) is 5. The van der Waals surface area contributed by atoms with Crippen LogP contribution in [0.15, 0.2) is 29.3 Å². The first-order chi connectivity index (χ1) is 10.7. The molecular formula is C16H24N2O4. The summed E-state index contributed by atoms with van der Waals surface area (Å²) >= 11 is 0. The maximum atomic E-state index is 12.2. The molecule has 122 valence electrons. The Balaban J connectivity index is 2.67. The first kappa shape index (κ1) is 18.0. The summed E-state index contributed by atoms with van der Waals surface area (Å²) < 4.78 is 15.5. The van der Waals surface area contributed by atoms with Gasteiger partial charge in [-0.2, -0.15) is 0 Å². The first-order valence-electron chi connectivity index (χ1n) is 7.32. The van der Waals surface area contributed by atoms with Crippen LogP contribution in [0.1, 0.15) is 30.1 Å². The van der Waals surface area contributed by atoms with Crippen molar-refractivity contribution in [3.8, 4) is 5.75 Å². The Morgan fingerprint density at radius 1 is 1.27 bits per heavy atom. The van der Waals surface area contributed by atoms with Gasteiger partial charge in [-0.1, -0.05) is 13.0 Å². The molecule has 0 aromatic heterocycles. The molecule has 0 unspecified atom stereocenters. The monoisotopic (exact) mass is 308 g/mol. The number of benzene rings is 1. The van der Waals surface area contributed by atoms with Crippen molar-refractivity contribution in [2.45, 2.75) is 19.8 Å². The van der Waals surface area contributed by atoms with Crippen LogP contribution < -0.4 is 10.1 Å². The summed E-state index contributed by atoms with van der Waals surface area (Å²) in [6, 6.07) is 7.16. The van der Waals surface area contributed by atoms with Crippen LogP contribution in [0.3, 0.4) is 0 Å². The number of carbonyl (C=O) groups excluding carboxylic acids is 1. The van der Waals surface area contributed by atoms with Crippen LogP contribution in [-0.4, -0.2) is 45.9 Å². The molecule has 0 aliphatic rings. The van der Waals surface area contributed by atoms with Gasteiger partial charge in [0.05, 0.1) is 13.7 Å². The Hall–Kier alpha value is -2.08. The number of amides is 1. The minimum Gasteiger partial charge on any atom is -0.497 e. The summed E-state index contributed by atoms with van der Waals surface area (Å²) in [5.41, 5.74) is 0.490. The summed E-state index contributed by atoms with van der Waals surface area (Å²) in [6.45, 7) is 3.65. The maximum absolute atomic E-state index is 12.2. The quantitative estimate of drug-likeness (QED) is 0.454. The average molecular weight is 308 g/mol. The topological polar surface area (TPSA) is 69.2 Å². The number of methoxy groups -OCH3 is 2. The molecule has 6 nitrogen and oxygen atoms in total. The molecule has 0 fully saturated rings. The van der Waals surface area contributed by atoms with Crippen molar-refractivity contribution in [1.29, 1.82) is 0 Å². The normalized spacial score (nSPS) is 11.1. The van der Waals surface area contributed by atoms with Gasteiger partial charge in [-0.05, 0) is 31.0 Å². The fourth-order valence-corrected chi connectivity index (χ4v) is 1.64. The molecule has 1 rings (SSSR count). The summed E-state index contributed by atoms with van der Waals surface area (Å²) in [6.07, 6.45) is 1.61. The van der Waals surface area contributed by atoms with E-state index in [1.807, 2.05) is 6.92 Å². The van der Waals surface area contributed by atoms with Crippen molar-refractivity contribution in [3.63, 3.8) is 0 Å². The molecule has 0 spiro atoms. The van der Waals surface area contributed by atoms with E-state index >= 15 is 0 Å². The standard InChI is InChI=1S/C16H24N2O4/c1-4-10-22-16(17-9-6-11-20-2)18-15(19)13-7-5-8-14(12-13)21-3/h5,7-8,12H,4,6,9-11H2,1-3H3,(H,17,18,19). The number of hydrogen-bond donors (Lipinski definition) is 1. The van der Waals surface area contributed by atoms with Gasteiger partial charge < -0.3 is 14.2 Å². The highest BCUT2D eigenvalue weighted by atomic mass is 16.5. The predicted molar refractivity (Wildman–Crippen MR) is 85.5 cm³/mol. The summed E-state index contributed by atoms with van der Waals surface area (Å²) in [7, 11) is 3.20. The number of ether oxygens (including phenoxy) is 3. The van der Waals surface area contributed by atoms with Crippen LogP contribution in [0.2, 0.25) is 0 Å². The van der Waals surface area contributed by atoms with E-state index < -0.39 is 0 Å². The third-order valence-corrected chi connectivity index (χ3v) is 2.76. The molecule has 0 saturated carbocycles. The molecule has 1 amide bonds. The van der Waals surface area contributed by atoms with Crippen LogP contribution in [0, 0.1) is 0 Å². The van der Waals surface area contributed by atoms with Gasteiger partial charge in [0, 0.05) is 25.8 Å². The maximum Gasteiger partial charge on any atom is 0.291 e. The van der Waals surface area contributed by atoms with Crippen LogP contribution in [0.25, 0.3) is 0 Å². The highest BCUT2D eigenvalue weighted by molar-refractivity contribution is 6.04. The summed E-state index contributed by atoms with van der Waals surface area (Å²) in [5.74, 6) is 0.348. The number of carbonyl (C=O) groups is 1. The van der Waals surface area contributed by atoms with Crippen molar-refractivity contribution < 1.29 is 19.0 Å². The van der Waals surface area contributed by atoms with E-state index in [-0.39, 0.29) is 11.9 Å². The molecule has 22 heavy (non-hydrogen) atoms. The highest BCUT2D eigenvalue weighted by Crippen LogP contribution is 2.12.